The molecule has 0 fully saturated rings. The van der Waals surface area contributed by atoms with Gasteiger partial charge in [-0.1, -0.05) is 99.6 Å². The van der Waals surface area contributed by atoms with Crippen LogP contribution < -0.4 is 5.32 Å². The zero-order valence-electron chi connectivity index (χ0n) is 24.1. The number of nitrogens with one attached hydrogen (secondary N) is 1. The molecule has 1 N–H and O–H groups in total. The van der Waals surface area contributed by atoms with Crippen molar-refractivity contribution in [3.05, 3.63) is 125 Å². The SMILES string of the molecule is Cc1nc2ccc(C(=O)N[C@@H](C)c3cccc(C(C)(C)C)c3)cc2n1Cc1ccc(-c2ccccc2)cc1.O=C=O. The molecule has 0 radical (unpaired) electrons. The third kappa shape index (κ3) is 7.05. The standard InChI is InChI=1S/C34H35N3O.CO2/c1-23(28-12-9-13-30(20-28)34(3,4)5)35-33(38)29-18-19-31-32(21-29)37(24(2)36-31)22-25-14-16-27(17-15-25)26-10-7-6-8-11-26;2-1-3/h6-21,23H,22H2,1-5H3,(H,35,38);/t23-;/m0./s1. The number of aryl methyl sites for hydroxylation is 1. The van der Waals surface area contributed by atoms with Crippen LogP contribution in [0.3, 0.4) is 0 Å². The van der Waals surface area contributed by atoms with Crippen molar-refractivity contribution in [2.75, 3.05) is 0 Å². The molecular weight excluding hydrogens is 510 g/mol. The minimum absolute atomic E-state index is 0.0584. The lowest BCUT2D eigenvalue weighted by Crippen LogP contribution is -2.27. The van der Waals surface area contributed by atoms with E-state index in [1.807, 2.05) is 38.1 Å². The number of nitrogens with zero attached hydrogens (tertiary/aromatic N) is 2. The molecule has 0 aliphatic rings. The summed E-state index contributed by atoms with van der Waals surface area (Å²) in [6.45, 7) is 11.3. The van der Waals surface area contributed by atoms with Crippen molar-refractivity contribution in [2.45, 2.75) is 52.6 Å². The number of imidazole rings is 1. The maximum Gasteiger partial charge on any atom is 0.373 e. The lowest BCUT2D eigenvalue weighted by Gasteiger charge is -2.22. The van der Waals surface area contributed by atoms with E-state index in [1.54, 1.807) is 0 Å². The summed E-state index contributed by atoms with van der Waals surface area (Å²) in [6, 6.07) is 33.2. The van der Waals surface area contributed by atoms with E-state index in [9.17, 15) is 4.79 Å². The highest BCUT2D eigenvalue weighted by Gasteiger charge is 2.18. The molecule has 1 heterocycles. The molecule has 0 bridgehead atoms. The van der Waals surface area contributed by atoms with Gasteiger partial charge in [0.25, 0.3) is 5.91 Å². The van der Waals surface area contributed by atoms with Crippen LogP contribution in [-0.2, 0) is 21.5 Å². The van der Waals surface area contributed by atoms with Crippen molar-refractivity contribution in [1.82, 2.24) is 14.9 Å². The molecule has 0 saturated carbocycles. The molecule has 4 aromatic carbocycles. The van der Waals surface area contributed by atoms with Crippen molar-refractivity contribution in [3.63, 3.8) is 0 Å². The third-order valence-corrected chi connectivity index (χ3v) is 7.20. The summed E-state index contributed by atoms with van der Waals surface area (Å²) < 4.78 is 2.18. The Morgan fingerprint density at radius 3 is 2.20 bits per heavy atom. The normalized spacial score (nSPS) is 11.7. The van der Waals surface area contributed by atoms with Gasteiger partial charge >= 0.3 is 6.15 Å². The van der Waals surface area contributed by atoms with Gasteiger partial charge in [0.15, 0.2) is 0 Å². The van der Waals surface area contributed by atoms with E-state index in [0.717, 1.165) is 22.4 Å². The Morgan fingerprint density at radius 2 is 1.54 bits per heavy atom. The molecule has 1 aromatic heterocycles. The molecule has 6 nitrogen and oxygen atoms in total. The van der Waals surface area contributed by atoms with Crippen molar-refractivity contribution in [1.29, 1.82) is 0 Å². The van der Waals surface area contributed by atoms with E-state index in [1.165, 1.54) is 22.3 Å². The first kappa shape index (κ1) is 29.2. The van der Waals surface area contributed by atoms with E-state index in [4.69, 9.17) is 14.6 Å². The van der Waals surface area contributed by atoms with Crippen molar-refractivity contribution >= 4 is 23.1 Å². The number of benzene rings is 4. The second-order valence-corrected chi connectivity index (χ2v) is 11.2. The van der Waals surface area contributed by atoms with Gasteiger partial charge in [0.05, 0.1) is 17.1 Å². The fourth-order valence-corrected chi connectivity index (χ4v) is 4.84. The van der Waals surface area contributed by atoms with Gasteiger partial charge in [0.1, 0.15) is 5.82 Å². The summed E-state index contributed by atoms with van der Waals surface area (Å²) >= 11 is 0. The predicted octanol–water partition coefficient (Wildman–Crippen LogP) is 7.27. The summed E-state index contributed by atoms with van der Waals surface area (Å²) in [7, 11) is 0. The topological polar surface area (TPSA) is 81.1 Å². The molecule has 0 saturated heterocycles. The second kappa shape index (κ2) is 12.6. The number of hydrogen-bond donors (Lipinski definition) is 1. The Balaban J connectivity index is 0.00000124. The summed E-state index contributed by atoms with van der Waals surface area (Å²) in [6.07, 6.45) is 0.250. The molecule has 6 heteroatoms. The van der Waals surface area contributed by atoms with Crippen molar-refractivity contribution in [3.8, 4) is 11.1 Å². The van der Waals surface area contributed by atoms with E-state index in [2.05, 4.69) is 103 Å². The Bertz CT molecular complexity index is 1670. The van der Waals surface area contributed by atoms with Crippen LogP contribution in [0.15, 0.2) is 97.1 Å². The minimum Gasteiger partial charge on any atom is -0.346 e. The first-order valence-corrected chi connectivity index (χ1v) is 13.6. The molecule has 0 spiro atoms. The Labute approximate surface area is 241 Å². The number of carbonyl (C=O) groups is 1. The Hall–Kier alpha value is -4.80. The van der Waals surface area contributed by atoms with Crippen LogP contribution in [0.5, 0.6) is 0 Å². The number of amides is 1. The highest BCUT2D eigenvalue weighted by atomic mass is 16.2. The first-order chi connectivity index (χ1) is 19.6. The quantitative estimate of drug-likeness (QED) is 0.243. The average Bonchev–Trinajstić information content (AvgIpc) is 3.27. The maximum atomic E-state index is 13.3. The number of carbonyl (C=O) groups excluding carboxylic acids is 3. The van der Waals surface area contributed by atoms with Crippen LogP contribution in [0.4, 0.5) is 0 Å². The second-order valence-electron chi connectivity index (χ2n) is 11.2. The number of fused-ring (bicyclic) bond motifs is 1. The van der Waals surface area contributed by atoms with Gasteiger partial charge in [-0.05, 0) is 65.3 Å². The summed E-state index contributed by atoms with van der Waals surface area (Å²) in [5, 5.41) is 3.18. The highest BCUT2D eigenvalue weighted by Crippen LogP contribution is 2.26. The summed E-state index contributed by atoms with van der Waals surface area (Å²) in [5.74, 6) is 0.843. The Kier molecular flexibility index (Phi) is 8.96. The Morgan fingerprint density at radius 1 is 0.878 bits per heavy atom. The van der Waals surface area contributed by atoms with Gasteiger partial charge in [-0.3, -0.25) is 4.79 Å². The maximum absolute atomic E-state index is 13.3. The molecule has 208 valence electrons. The molecule has 0 unspecified atom stereocenters. The van der Waals surface area contributed by atoms with Gasteiger partial charge in [0.2, 0.25) is 0 Å². The molecule has 0 aliphatic carbocycles. The van der Waals surface area contributed by atoms with Crippen LogP contribution in [0.2, 0.25) is 0 Å². The van der Waals surface area contributed by atoms with Crippen LogP contribution >= 0.6 is 0 Å². The molecule has 5 rings (SSSR count). The predicted molar refractivity (Wildman–Crippen MR) is 161 cm³/mol. The minimum atomic E-state index is -0.102. The first-order valence-electron chi connectivity index (χ1n) is 13.6. The van der Waals surface area contributed by atoms with E-state index in [-0.39, 0.29) is 23.5 Å². The largest absolute Gasteiger partial charge is 0.373 e. The summed E-state index contributed by atoms with van der Waals surface area (Å²) in [4.78, 5) is 34.3. The van der Waals surface area contributed by atoms with Gasteiger partial charge in [-0.15, -0.1) is 0 Å². The lowest BCUT2D eigenvalue weighted by molar-refractivity contribution is -0.191. The van der Waals surface area contributed by atoms with Gasteiger partial charge in [0, 0.05) is 12.1 Å². The monoisotopic (exact) mass is 545 g/mol. The molecule has 0 aliphatic heterocycles. The van der Waals surface area contributed by atoms with Crippen LogP contribution in [0.25, 0.3) is 22.2 Å². The average molecular weight is 546 g/mol. The van der Waals surface area contributed by atoms with Crippen LogP contribution in [0, 0.1) is 6.92 Å². The summed E-state index contributed by atoms with van der Waals surface area (Å²) in [5.41, 5.74) is 8.51. The van der Waals surface area contributed by atoms with Gasteiger partial charge in [-0.25, -0.2) is 4.98 Å². The van der Waals surface area contributed by atoms with Crippen molar-refractivity contribution in [2.24, 2.45) is 0 Å². The fraction of sp³-hybridized carbons (Fsp3) is 0.229. The van der Waals surface area contributed by atoms with Gasteiger partial charge < -0.3 is 9.88 Å². The molecule has 41 heavy (non-hydrogen) atoms. The number of aromatic nitrogens is 2. The molecule has 5 aromatic rings. The lowest BCUT2D eigenvalue weighted by atomic mass is 9.85. The van der Waals surface area contributed by atoms with E-state index >= 15 is 0 Å². The number of rotatable bonds is 6. The van der Waals surface area contributed by atoms with Crippen molar-refractivity contribution < 1.29 is 14.4 Å². The smallest absolute Gasteiger partial charge is 0.346 e. The van der Waals surface area contributed by atoms with Crippen LogP contribution in [-0.4, -0.2) is 21.6 Å². The van der Waals surface area contributed by atoms with Gasteiger partial charge in [-0.2, -0.15) is 9.59 Å². The zero-order chi connectivity index (χ0) is 29.6. The highest BCUT2D eigenvalue weighted by molar-refractivity contribution is 5.97. The third-order valence-electron chi connectivity index (χ3n) is 7.20. The molecule has 1 atom stereocenters. The molecular formula is C35H35N3O3. The number of hydrogen-bond acceptors (Lipinski definition) is 4. The zero-order valence-corrected chi connectivity index (χ0v) is 24.1. The fourth-order valence-electron chi connectivity index (χ4n) is 4.84. The molecule has 1 amide bonds. The van der Waals surface area contributed by atoms with E-state index < -0.39 is 0 Å². The van der Waals surface area contributed by atoms with Crippen LogP contribution in [0.1, 0.15) is 66.6 Å². The van der Waals surface area contributed by atoms with E-state index in [0.29, 0.717) is 12.1 Å².